The number of hydrogen-bond donors (Lipinski definition) is 1. The van der Waals surface area contributed by atoms with Crippen molar-refractivity contribution in [3.63, 3.8) is 0 Å². The zero-order valence-corrected chi connectivity index (χ0v) is 16.8. The number of amides is 1. The molecule has 1 amide bonds. The monoisotopic (exact) mass is 446 g/mol. The number of hydrogen-bond acceptors (Lipinski definition) is 4. The first kappa shape index (κ1) is 20.7. The Kier molecular flexibility index (Phi) is 5.32. The molecular weight excluding hydrogens is 432 g/mol. The van der Waals surface area contributed by atoms with Crippen LogP contribution in [0.5, 0.6) is 0 Å². The maximum Gasteiger partial charge on any atom is 0.434 e. The Morgan fingerprint density at radius 3 is 2.42 bits per heavy atom. The van der Waals surface area contributed by atoms with Crippen molar-refractivity contribution < 1.29 is 22.4 Å². The minimum absolute atomic E-state index is 0.299. The van der Waals surface area contributed by atoms with Crippen LogP contribution in [0.3, 0.4) is 0 Å². The second-order valence-corrected chi connectivity index (χ2v) is 7.61. The first-order chi connectivity index (χ1) is 14.7. The van der Waals surface area contributed by atoms with E-state index in [1.54, 1.807) is 24.3 Å². The van der Waals surface area contributed by atoms with E-state index in [4.69, 9.17) is 0 Å². The number of carbonyl (C=O) groups excluding carboxylic acids is 1. The number of benzene rings is 2. The largest absolute Gasteiger partial charge is 0.434 e. The van der Waals surface area contributed by atoms with E-state index in [-0.39, 0.29) is 0 Å². The first-order valence-corrected chi connectivity index (χ1v) is 9.86. The predicted molar refractivity (Wildman–Crippen MR) is 109 cm³/mol. The van der Waals surface area contributed by atoms with Crippen molar-refractivity contribution in [3.05, 3.63) is 82.2 Å². The first-order valence-electron chi connectivity index (χ1n) is 8.98. The summed E-state index contributed by atoms with van der Waals surface area (Å²) < 4.78 is 55.6. The quantitative estimate of drug-likeness (QED) is 0.408. The van der Waals surface area contributed by atoms with Gasteiger partial charge in [-0.05, 0) is 31.2 Å². The van der Waals surface area contributed by atoms with Gasteiger partial charge in [0.15, 0.2) is 5.69 Å². The minimum atomic E-state index is -4.93. The van der Waals surface area contributed by atoms with Crippen LogP contribution in [-0.2, 0) is 6.18 Å². The third-order valence-electron chi connectivity index (χ3n) is 4.42. The topological polar surface area (TPSA) is 59.8 Å². The van der Waals surface area contributed by atoms with Gasteiger partial charge in [-0.2, -0.15) is 18.3 Å². The van der Waals surface area contributed by atoms with Crippen LogP contribution in [0.2, 0.25) is 0 Å². The van der Waals surface area contributed by atoms with Gasteiger partial charge in [-0.1, -0.05) is 24.3 Å². The van der Waals surface area contributed by atoms with E-state index in [1.165, 1.54) is 23.5 Å². The molecule has 1 N–H and O–H groups in total. The van der Waals surface area contributed by atoms with E-state index < -0.39 is 34.8 Å². The molecule has 0 unspecified atom stereocenters. The van der Waals surface area contributed by atoms with E-state index in [0.717, 1.165) is 34.6 Å². The summed E-state index contributed by atoms with van der Waals surface area (Å²) in [6.45, 7) is 1.88. The van der Waals surface area contributed by atoms with Crippen molar-refractivity contribution in [2.24, 2.45) is 0 Å². The lowest BCUT2D eigenvalue weighted by Gasteiger charge is -2.13. The zero-order valence-electron chi connectivity index (χ0n) is 15.9. The van der Waals surface area contributed by atoms with Crippen LogP contribution in [0.4, 0.5) is 23.2 Å². The number of anilines is 1. The van der Waals surface area contributed by atoms with E-state index in [9.17, 15) is 22.4 Å². The zero-order chi connectivity index (χ0) is 22.2. The van der Waals surface area contributed by atoms with Gasteiger partial charge in [0.2, 0.25) is 0 Å². The third kappa shape index (κ3) is 4.19. The molecule has 0 bridgehead atoms. The molecule has 0 aliphatic rings. The summed E-state index contributed by atoms with van der Waals surface area (Å²) in [5, 5.41) is 8.84. The molecule has 2 aromatic heterocycles. The van der Waals surface area contributed by atoms with Crippen molar-refractivity contribution in [3.8, 4) is 16.9 Å². The molecular formula is C21H14F4N4OS. The Bertz CT molecular complexity index is 1250. The lowest BCUT2D eigenvalue weighted by Crippen LogP contribution is -2.21. The van der Waals surface area contributed by atoms with Crippen LogP contribution in [0.25, 0.3) is 16.9 Å². The number of nitrogens with one attached hydrogen (secondary N) is 1. The molecule has 5 nitrogen and oxygen atoms in total. The third-order valence-corrected chi connectivity index (χ3v) is 5.19. The molecule has 0 saturated carbocycles. The van der Waals surface area contributed by atoms with E-state index in [0.29, 0.717) is 10.4 Å². The van der Waals surface area contributed by atoms with Crippen LogP contribution < -0.4 is 5.32 Å². The highest BCUT2D eigenvalue weighted by molar-refractivity contribution is 7.09. The van der Waals surface area contributed by atoms with Gasteiger partial charge in [0, 0.05) is 16.6 Å². The van der Waals surface area contributed by atoms with Gasteiger partial charge in [0.05, 0.1) is 22.5 Å². The number of halogens is 4. The molecule has 0 fully saturated rings. The summed E-state index contributed by atoms with van der Waals surface area (Å²) >= 11 is 1.49. The van der Waals surface area contributed by atoms with Gasteiger partial charge in [0.25, 0.3) is 5.91 Å². The Labute approximate surface area is 178 Å². The summed E-state index contributed by atoms with van der Waals surface area (Å²) in [7, 11) is 0. The maximum absolute atomic E-state index is 14.0. The molecule has 0 atom stereocenters. The molecule has 0 radical (unpaired) electrons. The van der Waals surface area contributed by atoms with Crippen molar-refractivity contribution in [2.75, 3.05) is 5.32 Å². The van der Waals surface area contributed by atoms with E-state index in [1.807, 2.05) is 12.3 Å². The summed E-state index contributed by atoms with van der Waals surface area (Å²) in [5.74, 6) is -1.90. The number of aryl methyl sites for hydroxylation is 1. The molecule has 158 valence electrons. The molecule has 2 heterocycles. The number of thiazole rings is 1. The highest BCUT2D eigenvalue weighted by Gasteiger charge is 2.41. The summed E-state index contributed by atoms with van der Waals surface area (Å²) in [5.41, 5.74) is -0.597. The van der Waals surface area contributed by atoms with Gasteiger partial charge in [0.1, 0.15) is 11.5 Å². The Balaban J connectivity index is 1.64. The highest BCUT2D eigenvalue weighted by Crippen LogP contribution is 2.34. The van der Waals surface area contributed by atoms with Gasteiger partial charge in [-0.15, -0.1) is 11.3 Å². The number of alkyl halides is 3. The van der Waals surface area contributed by atoms with E-state index in [2.05, 4.69) is 15.4 Å². The molecule has 0 saturated heterocycles. The number of aromatic nitrogens is 3. The fourth-order valence-corrected chi connectivity index (χ4v) is 3.63. The number of carbonyl (C=O) groups is 1. The lowest BCUT2D eigenvalue weighted by atomic mass is 10.1. The van der Waals surface area contributed by atoms with Crippen LogP contribution in [0, 0.1) is 12.7 Å². The average Bonchev–Trinajstić information content (AvgIpc) is 3.35. The van der Waals surface area contributed by atoms with Crippen molar-refractivity contribution in [2.45, 2.75) is 13.1 Å². The van der Waals surface area contributed by atoms with Gasteiger partial charge >= 0.3 is 6.18 Å². The number of rotatable bonds is 4. The Morgan fingerprint density at radius 2 is 1.81 bits per heavy atom. The molecule has 4 aromatic rings. The minimum Gasteiger partial charge on any atom is -0.322 e. The van der Waals surface area contributed by atoms with Gasteiger partial charge in [-0.3, -0.25) is 4.79 Å². The fourth-order valence-electron chi connectivity index (χ4n) is 3.01. The number of para-hydroxylation sites is 1. The SMILES string of the molecule is Cc1nc(-c2ccc(NC(=O)c3cnn(-c4ccccc4F)c3C(F)(F)F)cc2)cs1. The standard InChI is InChI=1S/C21H14F4N4OS/c1-12-27-17(11-31-12)13-6-8-14(9-7-13)28-20(30)15-10-26-29(19(15)21(23,24)25)18-5-3-2-4-16(18)22/h2-11H,1H3,(H,28,30). The van der Waals surface area contributed by atoms with Crippen LogP contribution >= 0.6 is 11.3 Å². The average molecular weight is 446 g/mol. The molecule has 0 spiro atoms. The molecule has 10 heteroatoms. The molecule has 0 aliphatic heterocycles. The number of nitrogens with zero attached hydrogens (tertiary/aromatic N) is 3. The molecule has 31 heavy (non-hydrogen) atoms. The van der Waals surface area contributed by atoms with Crippen molar-refractivity contribution in [1.82, 2.24) is 14.8 Å². The summed E-state index contributed by atoms with van der Waals surface area (Å²) in [4.78, 5) is 17.0. The summed E-state index contributed by atoms with van der Waals surface area (Å²) in [6.07, 6.45) is -4.16. The molecule has 4 rings (SSSR count). The summed E-state index contributed by atoms with van der Waals surface area (Å²) in [6, 6.07) is 11.4. The fraction of sp³-hybridized carbons (Fsp3) is 0.0952. The van der Waals surface area contributed by atoms with Gasteiger partial charge in [-0.25, -0.2) is 14.1 Å². The normalized spacial score (nSPS) is 11.5. The highest BCUT2D eigenvalue weighted by atomic mass is 32.1. The van der Waals surface area contributed by atoms with Crippen LogP contribution in [0.15, 0.2) is 60.1 Å². The Hall–Kier alpha value is -3.53. The van der Waals surface area contributed by atoms with Crippen molar-refractivity contribution in [1.29, 1.82) is 0 Å². The second kappa shape index (κ2) is 7.95. The molecule has 2 aromatic carbocycles. The molecule has 0 aliphatic carbocycles. The maximum atomic E-state index is 14.0. The lowest BCUT2D eigenvalue weighted by molar-refractivity contribution is -0.143. The Morgan fingerprint density at radius 1 is 1.10 bits per heavy atom. The second-order valence-electron chi connectivity index (χ2n) is 6.55. The van der Waals surface area contributed by atoms with Crippen molar-refractivity contribution >= 4 is 22.9 Å². The smallest absolute Gasteiger partial charge is 0.322 e. The van der Waals surface area contributed by atoms with E-state index >= 15 is 0 Å². The van der Waals surface area contributed by atoms with Crippen LogP contribution in [-0.4, -0.2) is 20.7 Å². The van der Waals surface area contributed by atoms with Crippen LogP contribution in [0.1, 0.15) is 21.1 Å². The van der Waals surface area contributed by atoms with Gasteiger partial charge < -0.3 is 5.32 Å². The predicted octanol–water partition coefficient (Wildman–Crippen LogP) is 5.71.